The summed E-state index contributed by atoms with van der Waals surface area (Å²) in [4.78, 5) is 10.6. The molecule has 14 heavy (non-hydrogen) atoms. The van der Waals surface area contributed by atoms with E-state index in [1.54, 1.807) is 0 Å². The molecule has 4 heteroatoms. The zero-order valence-corrected chi connectivity index (χ0v) is 9.52. The fourth-order valence-corrected chi connectivity index (χ4v) is 1.25. The number of nitrogens with two attached hydrogens (primary N) is 1. The van der Waals surface area contributed by atoms with Crippen molar-refractivity contribution in [3.63, 3.8) is 0 Å². The molecular formula is C10H20ClNO2. The molecule has 0 aromatic rings. The number of halogens is 1. The van der Waals surface area contributed by atoms with E-state index in [0.29, 0.717) is 6.04 Å². The molecule has 0 aliphatic heterocycles. The molecule has 2 fully saturated rings. The van der Waals surface area contributed by atoms with Crippen LogP contribution >= 0.6 is 12.4 Å². The van der Waals surface area contributed by atoms with Crippen LogP contribution in [0.5, 0.6) is 0 Å². The summed E-state index contributed by atoms with van der Waals surface area (Å²) in [6.07, 6.45) is 7.15. The Morgan fingerprint density at radius 2 is 1.64 bits per heavy atom. The van der Waals surface area contributed by atoms with Crippen LogP contribution in [-0.4, -0.2) is 19.1 Å². The van der Waals surface area contributed by atoms with Crippen LogP contribution in [0.15, 0.2) is 0 Å². The minimum Gasteiger partial charge on any atom is -0.469 e. The normalized spacial score (nSPS) is 20.4. The van der Waals surface area contributed by atoms with Crippen LogP contribution in [0, 0.1) is 5.92 Å². The van der Waals surface area contributed by atoms with E-state index in [0.717, 1.165) is 12.8 Å². The van der Waals surface area contributed by atoms with E-state index >= 15 is 0 Å². The minimum absolute atomic E-state index is 0. The summed E-state index contributed by atoms with van der Waals surface area (Å²) in [5.41, 5.74) is 5.38. The number of carbonyl (C=O) groups excluding carboxylic acids is 1. The standard InChI is InChI=1S/C6H10O2.C4H9N.ClH/c1-8-6(7)5-3-2-4-5;5-4-2-1-3-4;/h5H,2-4H2,1H3;4H,1-3,5H2;1H. The second-order valence-corrected chi connectivity index (χ2v) is 3.84. The van der Waals surface area contributed by atoms with Crippen molar-refractivity contribution in [3.05, 3.63) is 0 Å². The van der Waals surface area contributed by atoms with Crippen molar-refractivity contribution < 1.29 is 9.53 Å². The third kappa shape index (κ3) is 4.29. The molecule has 0 spiro atoms. The van der Waals surface area contributed by atoms with Gasteiger partial charge < -0.3 is 10.5 Å². The molecule has 0 saturated heterocycles. The SMILES string of the molecule is COC(=O)C1CCC1.Cl.NC1CCC1. The van der Waals surface area contributed by atoms with Crippen LogP contribution in [0.3, 0.4) is 0 Å². The molecule has 0 unspecified atom stereocenters. The summed E-state index contributed by atoms with van der Waals surface area (Å²) in [6, 6.07) is 0.565. The maximum atomic E-state index is 10.6. The summed E-state index contributed by atoms with van der Waals surface area (Å²) in [6.45, 7) is 0. The third-order valence-corrected chi connectivity index (χ3v) is 2.79. The minimum atomic E-state index is -0.0312. The van der Waals surface area contributed by atoms with Crippen molar-refractivity contribution in [3.8, 4) is 0 Å². The average molecular weight is 222 g/mol. The first-order chi connectivity index (χ1) is 6.24. The number of methoxy groups -OCH3 is 1. The highest BCUT2D eigenvalue weighted by Crippen LogP contribution is 2.26. The summed E-state index contributed by atoms with van der Waals surface area (Å²) in [5.74, 6) is 0.205. The second-order valence-electron chi connectivity index (χ2n) is 3.84. The molecule has 0 aromatic heterocycles. The van der Waals surface area contributed by atoms with Crippen molar-refractivity contribution in [1.29, 1.82) is 0 Å². The average Bonchev–Trinajstić information content (AvgIpc) is 1.98. The van der Waals surface area contributed by atoms with Gasteiger partial charge in [0.05, 0.1) is 13.0 Å². The van der Waals surface area contributed by atoms with E-state index in [4.69, 9.17) is 5.73 Å². The van der Waals surface area contributed by atoms with E-state index in [-0.39, 0.29) is 24.3 Å². The van der Waals surface area contributed by atoms with Gasteiger partial charge in [-0.1, -0.05) is 12.8 Å². The fraction of sp³-hybridized carbons (Fsp3) is 0.900. The Morgan fingerprint density at radius 3 is 1.71 bits per heavy atom. The van der Waals surface area contributed by atoms with Crippen LogP contribution in [-0.2, 0) is 9.53 Å². The van der Waals surface area contributed by atoms with E-state index in [1.807, 2.05) is 0 Å². The Bertz CT molecular complexity index is 168. The highest BCUT2D eigenvalue weighted by atomic mass is 35.5. The monoisotopic (exact) mass is 221 g/mol. The van der Waals surface area contributed by atoms with Gasteiger partial charge in [0.15, 0.2) is 0 Å². The molecule has 0 heterocycles. The number of hydrogen-bond donors (Lipinski definition) is 1. The number of ether oxygens (including phenoxy) is 1. The number of carbonyl (C=O) groups is 1. The highest BCUT2D eigenvalue weighted by Gasteiger charge is 2.25. The molecular weight excluding hydrogens is 202 g/mol. The van der Waals surface area contributed by atoms with Crippen LogP contribution in [0.1, 0.15) is 38.5 Å². The van der Waals surface area contributed by atoms with Gasteiger partial charge in [-0.2, -0.15) is 0 Å². The van der Waals surface area contributed by atoms with Crippen LogP contribution in [0.2, 0.25) is 0 Å². The molecule has 2 rings (SSSR count). The van der Waals surface area contributed by atoms with Gasteiger partial charge in [0, 0.05) is 6.04 Å². The molecule has 3 nitrogen and oxygen atoms in total. The van der Waals surface area contributed by atoms with Gasteiger partial charge in [0.2, 0.25) is 0 Å². The molecule has 0 aromatic carbocycles. The first kappa shape index (κ1) is 13.7. The van der Waals surface area contributed by atoms with Crippen LogP contribution in [0.4, 0.5) is 0 Å². The third-order valence-electron chi connectivity index (χ3n) is 2.79. The largest absolute Gasteiger partial charge is 0.469 e. The molecule has 0 atom stereocenters. The predicted octanol–water partition coefficient (Wildman–Crippen LogP) is 1.88. The van der Waals surface area contributed by atoms with Crippen molar-refractivity contribution in [2.45, 2.75) is 44.6 Å². The lowest BCUT2D eigenvalue weighted by molar-refractivity contribution is -0.148. The van der Waals surface area contributed by atoms with Crippen molar-refractivity contribution >= 4 is 18.4 Å². The maximum absolute atomic E-state index is 10.6. The Balaban J connectivity index is 0.000000246. The molecule has 84 valence electrons. The van der Waals surface area contributed by atoms with Gasteiger partial charge in [-0.15, -0.1) is 12.4 Å². The Hall–Kier alpha value is -0.280. The van der Waals surface area contributed by atoms with E-state index < -0.39 is 0 Å². The molecule has 2 saturated carbocycles. The first-order valence-electron chi connectivity index (χ1n) is 5.07. The molecule has 2 aliphatic carbocycles. The summed E-state index contributed by atoms with van der Waals surface area (Å²) >= 11 is 0. The smallest absolute Gasteiger partial charge is 0.308 e. The molecule has 2 N–H and O–H groups in total. The Kier molecular flexibility index (Phi) is 6.93. The number of hydrogen-bond acceptors (Lipinski definition) is 3. The van der Waals surface area contributed by atoms with Gasteiger partial charge in [0.1, 0.15) is 0 Å². The number of rotatable bonds is 1. The fourth-order valence-electron chi connectivity index (χ4n) is 1.25. The highest BCUT2D eigenvalue weighted by molar-refractivity contribution is 5.85. The van der Waals surface area contributed by atoms with Gasteiger partial charge in [-0.25, -0.2) is 0 Å². The lowest BCUT2D eigenvalue weighted by atomic mass is 9.86. The Morgan fingerprint density at radius 1 is 1.21 bits per heavy atom. The number of esters is 1. The van der Waals surface area contributed by atoms with Gasteiger partial charge >= 0.3 is 5.97 Å². The van der Waals surface area contributed by atoms with Gasteiger partial charge in [0.25, 0.3) is 0 Å². The van der Waals surface area contributed by atoms with Crippen molar-refractivity contribution in [1.82, 2.24) is 0 Å². The zero-order valence-electron chi connectivity index (χ0n) is 8.70. The lowest BCUT2D eigenvalue weighted by Crippen LogP contribution is -2.27. The van der Waals surface area contributed by atoms with Crippen LogP contribution in [0.25, 0.3) is 0 Å². The van der Waals surface area contributed by atoms with E-state index in [9.17, 15) is 4.79 Å². The summed E-state index contributed by atoms with van der Waals surface area (Å²) in [7, 11) is 1.45. The zero-order chi connectivity index (χ0) is 9.68. The van der Waals surface area contributed by atoms with Gasteiger partial charge in [-0.05, 0) is 25.7 Å². The van der Waals surface area contributed by atoms with E-state index in [1.165, 1.54) is 32.8 Å². The predicted molar refractivity (Wildman–Crippen MR) is 58.4 cm³/mol. The first-order valence-corrected chi connectivity index (χ1v) is 5.07. The van der Waals surface area contributed by atoms with Crippen molar-refractivity contribution in [2.75, 3.05) is 7.11 Å². The lowest BCUT2D eigenvalue weighted by Gasteiger charge is -2.21. The molecule has 0 amide bonds. The molecule has 2 aliphatic rings. The second kappa shape index (κ2) is 7.07. The quantitative estimate of drug-likeness (QED) is 0.688. The summed E-state index contributed by atoms with van der Waals surface area (Å²) in [5, 5.41) is 0. The van der Waals surface area contributed by atoms with Crippen molar-refractivity contribution in [2.24, 2.45) is 11.7 Å². The Labute approximate surface area is 91.8 Å². The molecule has 0 radical (unpaired) electrons. The van der Waals surface area contributed by atoms with E-state index in [2.05, 4.69) is 4.74 Å². The summed E-state index contributed by atoms with van der Waals surface area (Å²) < 4.78 is 4.52. The molecule has 0 bridgehead atoms. The van der Waals surface area contributed by atoms with Gasteiger partial charge in [-0.3, -0.25) is 4.79 Å². The topological polar surface area (TPSA) is 52.3 Å². The van der Waals surface area contributed by atoms with Crippen LogP contribution < -0.4 is 5.73 Å². The maximum Gasteiger partial charge on any atom is 0.308 e.